The maximum absolute atomic E-state index is 12.4. The summed E-state index contributed by atoms with van der Waals surface area (Å²) >= 11 is 1.53. The second-order valence-corrected chi connectivity index (χ2v) is 6.92. The predicted octanol–water partition coefficient (Wildman–Crippen LogP) is 4.30. The van der Waals surface area contributed by atoms with Crippen LogP contribution in [0.5, 0.6) is 0 Å². The van der Waals surface area contributed by atoms with E-state index in [9.17, 15) is 4.79 Å². The molecule has 0 aliphatic rings. The van der Waals surface area contributed by atoms with Gasteiger partial charge in [0.05, 0.1) is 10.9 Å². The fourth-order valence-corrected chi connectivity index (χ4v) is 3.16. The average molecular weight is 337 g/mol. The van der Waals surface area contributed by atoms with Crippen molar-refractivity contribution in [2.75, 3.05) is 5.32 Å². The molecular weight excluding hydrogens is 318 g/mol. The molecule has 0 spiro atoms. The number of para-hydroxylation sites is 1. The summed E-state index contributed by atoms with van der Waals surface area (Å²) in [5.74, 6) is 0.551. The Morgan fingerprint density at radius 3 is 2.38 bits per heavy atom. The molecular formula is C19H19N3OS. The van der Waals surface area contributed by atoms with Gasteiger partial charge in [-0.15, -0.1) is 16.9 Å². The van der Waals surface area contributed by atoms with Gasteiger partial charge in [-0.05, 0) is 38.1 Å². The summed E-state index contributed by atoms with van der Waals surface area (Å²) in [5, 5.41) is 7.21. The van der Waals surface area contributed by atoms with Crippen molar-refractivity contribution in [1.82, 2.24) is 9.78 Å². The normalized spacial score (nSPS) is 11.9. The minimum absolute atomic E-state index is 0.0507. The quantitative estimate of drug-likeness (QED) is 0.706. The summed E-state index contributed by atoms with van der Waals surface area (Å²) in [6, 6.07) is 19.8. The number of hydrogen-bond donors (Lipinski definition) is 1. The van der Waals surface area contributed by atoms with Crippen molar-refractivity contribution in [3.8, 4) is 5.69 Å². The molecule has 0 fully saturated rings. The van der Waals surface area contributed by atoms with E-state index < -0.39 is 0 Å². The molecule has 1 aromatic heterocycles. The second kappa shape index (κ2) is 7.36. The molecule has 24 heavy (non-hydrogen) atoms. The van der Waals surface area contributed by atoms with E-state index in [1.807, 2.05) is 80.7 Å². The van der Waals surface area contributed by atoms with Crippen LogP contribution in [0, 0.1) is 6.92 Å². The number of aryl methyl sites for hydroxylation is 1. The number of nitrogens with zero attached hydrogens (tertiary/aromatic N) is 2. The van der Waals surface area contributed by atoms with E-state index in [4.69, 9.17) is 0 Å². The maximum Gasteiger partial charge on any atom is 0.238 e. The molecule has 0 radical (unpaired) electrons. The molecule has 3 aromatic rings. The first-order valence-electron chi connectivity index (χ1n) is 7.78. The van der Waals surface area contributed by atoms with Crippen LogP contribution in [0.3, 0.4) is 0 Å². The third-order valence-corrected chi connectivity index (χ3v) is 4.70. The highest BCUT2D eigenvalue weighted by atomic mass is 32.2. The van der Waals surface area contributed by atoms with E-state index >= 15 is 0 Å². The number of anilines is 1. The number of nitrogens with one attached hydrogen (secondary N) is 1. The van der Waals surface area contributed by atoms with Crippen LogP contribution in [-0.4, -0.2) is 20.9 Å². The first kappa shape index (κ1) is 16.3. The lowest BCUT2D eigenvalue weighted by Gasteiger charge is -2.11. The SMILES string of the molecule is Cc1cn(-c2ccccc2)nc1NC(=O)[C@@H](C)Sc1ccccc1. The van der Waals surface area contributed by atoms with Crippen LogP contribution in [0.15, 0.2) is 71.8 Å². The standard InChI is InChI=1S/C19H19N3OS/c1-14-13-22(16-9-5-3-6-10-16)21-18(14)20-19(23)15(2)24-17-11-7-4-8-12-17/h3-13,15H,1-2H3,(H,20,21,23)/t15-/m1/s1. The number of aromatic nitrogens is 2. The number of hydrogen-bond acceptors (Lipinski definition) is 3. The van der Waals surface area contributed by atoms with Crippen LogP contribution >= 0.6 is 11.8 Å². The zero-order chi connectivity index (χ0) is 16.9. The lowest BCUT2D eigenvalue weighted by molar-refractivity contribution is -0.115. The highest BCUT2D eigenvalue weighted by Gasteiger charge is 2.17. The van der Waals surface area contributed by atoms with Crippen LogP contribution < -0.4 is 5.32 Å². The Kier molecular flexibility index (Phi) is 5.01. The Labute approximate surface area is 145 Å². The summed E-state index contributed by atoms with van der Waals surface area (Å²) in [7, 11) is 0. The van der Waals surface area contributed by atoms with Gasteiger partial charge in [0.2, 0.25) is 5.91 Å². The van der Waals surface area contributed by atoms with Crippen LogP contribution in [0.25, 0.3) is 5.69 Å². The lowest BCUT2D eigenvalue weighted by Crippen LogP contribution is -2.23. The van der Waals surface area contributed by atoms with Gasteiger partial charge in [0.1, 0.15) is 0 Å². The zero-order valence-electron chi connectivity index (χ0n) is 13.6. The van der Waals surface area contributed by atoms with Gasteiger partial charge in [0.15, 0.2) is 5.82 Å². The molecule has 0 saturated heterocycles. The molecule has 1 atom stereocenters. The Morgan fingerprint density at radius 2 is 1.71 bits per heavy atom. The van der Waals surface area contributed by atoms with Gasteiger partial charge in [0, 0.05) is 16.7 Å². The Morgan fingerprint density at radius 1 is 1.08 bits per heavy atom. The highest BCUT2D eigenvalue weighted by molar-refractivity contribution is 8.00. The van der Waals surface area contributed by atoms with Gasteiger partial charge < -0.3 is 5.32 Å². The molecule has 2 aromatic carbocycles. The second-order valence-electron chi connectivity index (χ2n) is 5.50. The van der Waals surface area contributed by atoms with Gasteiger partial charge in [-0.1, -0.05) is 36.4 Å². The Hall–Kier alpha value is -2.53. The van der Waals surface area contributed by atoms with Gasteiger partial charge in [-0.2, -0.15) is 0 Å². The molecule has 1 N–H and O–H groups in total. The summed E-state index contributed by atoms with van der Waals surface area (Å²) in [6.45, 7) is 3.84. The van der Waals surface area contributed by atoms with Crippen molar-refractivity contribution in [2.24, 2.45) is 0 Å². The van der Waals surface area contributed by atoms with E-state index in [0.717, 1.165) is 16.1 Å². The number of rotatable bonds is 5. The molecule has 1 amide bonds. The molecule has 3 rings (SSSR count). The summed E-state index contributed by atoms with van der Waals surface area (Å²) in [4.78, 5) is 13.5. The van der Waals surface area contributed by atoms with Crippen LogP contribution in [-0.2, 0) is 4.79 Å². The van der Waals surface area contributed by atoms with Crippen molar-refractivity contribution in [3.05, 3.63) is 72.4 Å². The molecule has 1 heterocycles. The average Bonchev–Trinajstić information content (AvgIpc) is 2.97. The van der Waals surface area contributed by atoms with E-state index in [0.29, 0.717) is 5.82 Å². The van der Waals surface area contributed by atoms with Gasteiger partial charge in [-0.3, -0.25) is 4.79 Å². The smallest absolute Gasteiger partial charge is 0.238 e. The minimum atomic E-state index is -0.200. The van der Waals surface area contributed by atoms with E-state index in [1.54, 1.807) is 4.68 Å². The summed E-state index contributed by atoms with van der Waals surface area (Å²) < 4.78 is 1.78. The van der Waals surface area contributed by atoms with Crippen molar-refractivity contribution in [2.45, 2.75) is 24.0 Å². The third-order valence-electron chi connectivity index (χ3n) is 3.58. The van der Waals surface area contributed by atoms with Gasteiger partial charge >= 0.3 is 0 Å². The molecule has 0 aliphatic carbocycles. The molecule has 0 saturated carbocycles. The molecule has 0 unspecified atom stereocenters. The van der Waals surface area contributed by atoms with Crippen molar-refractivity contribution < 1.29 is 4.79 Å². The number of amides is 1. The van der Waals surface area contributed by atoms with E-state index in [2.05, 4.69) is 10.4 Å². The number of carbonyl (C=O) groups is 1. The molecule has 5 heteroatoms. The van der Waals surface area contributed by atoms with Crippen molar-refractivity contribution in [1.29, 1.82) is 0 Å². The predicted molar refractivity (Wildman–Crippen MR) is 98.7 cm³/mol. The lowest BCUT2D eigenvalue weighted by atomic mass is 10.3. The fourth-order valence-electron chi connectivity index (χ4n) is 2.27. The van der Waals surface area contributed by atoms with Crippen molar-refractivity contribution in [3.63, 3.8) is 0 Å². The number of carbonyl (C=O) groups excluding carboxylic acids is 1. The Bertz CT molecular complexity index is 815. The van der Waals surface area contributed by atoms with Crippen LogP contribution in [0.1, 0.15) is 12.5 Å². The monoisotopic (exact) mass is 337 g/mol. The molecule has 0 aliphatic heterocycles. The highest BCUT2D eigenvalue weighted by Crippen LogP contribution is 2.24. The Balaban J connectivity index is 1.69. The first-order valence-corrected chi connectivity index (χ1v) is 8.66. The zero-order valence-corrected chi connectivity index (χ0v) is 14.5. The van der Waals surface area contributed by atoms with Crippen LogP contribution in [0.4, 0.5) is 5.82 Å². The largest absolute Gasteiger partial charge is 0.308 e. The van der Waals surface area contributed by atoms with Gasteiger partial charge in [0.25, 0.3) is 0 Å². The molecule has 122 valence electrons. The fraction of sp³-hybridized carbons (Fsp3) is 0.158. The minimum Gasteiger partial charge on any atom is -0.308 e. The molecule has 0 bridgehead atoms. The topological polar surface area (TPSA) is 46.9 Å². The van der Waals surface area contributed by atoms with Gasteiger partial charge in [-0.25, -0.2) is 4.68 Å². The summed E-state index contributed by atoms with van der Waals surface area (Å²) in [5.41, 5.74) is 1.90. The van der Waals surface area contributed by atoms with Crippen molar-refractivity contribution >= 4 is 23.5 Å². The van der Waals surface area contributed by atoms with E-state index in [1.165, 1.54) is 11.8 Å². The first-order chi connectivity index (χ1) is 11.6. The third kappa shape index (κ3) is 3.86. The number of benzene rings is 2. The van der Waals surface area contributed by atoms with Crippen LogP contribution in [0.2, 0.25) is 0 Å². The molecule has 4 nitrogen and oxygen atoms in total. The summed E-state index contributed by atoms with van der Waals surface area (Å²) in [6.07, 6.45) is 1.92. The number of thioether (sulfide) groups is 1. The van der Waals surface area contributed by atoms with E-state index in [-0.39, 0.29) is 11.2 Å². The maximum atomic E-state index is 12.4.